The van der Waals surface area contributed by atoms with E-state index in [1.165, 1.54) is 12.0 Å². The zero-order valence-corrected chi connectivity index (χ0v) is 17.2. The van der Waals surface area contributed by atoms with Gasteiger partial charge in [0.25, 0.3) is 0 Å². The molecule has 5 nitrogen and oxygen atoms in total. The van der Waals surface area contributed by atoms with Gasteiger partial charge in [-0.15, -0.1) is 0 Å². The van der Waals surface area contributed by atoms with E-state index < -0.39 is 0 Å². The van der Waals surface area contributed by atoms with E-state index in [0.29, 0.717) is 24.3 Å². The Labute approximate surface area is 177 Å². The van der Waals surface area contributed by atoms with Crippen molar-refractivity contribution in [3.8, 4) is 11.4 Å². The van der Waals surface area contributed by atoms with Gasteiger partial charge < -0.3 is 9.64 Å². The molecule has 1 amide bonds. The molecule has 2 aliphatic carbocycles. The molecule has 4 aliphatic rings. The Morgan fingerprint density at radius 3 is 2.67 bits per heavy atom. The topological polar surface area (TPSA) is 55.3 Å². The molecule has 1 spiro atoms. The Kier molecular flexibility index (Phi) is 4.27. The highest BCUT2D eigenvalue weighted by molar-refractivity contribution is 5.80. The second-order valence-electron chi connectivity index (χ2n) is 9.24. The Morgan fingerprint density at radius 2 is 1.93 bits per heavy atom. The fraction of sp³-hybridized carbons (Fsp3) is 0.480. The largest absolute Gasteiger partial charge is 0.368 e. The summed E-state index contributed by atoms with van der Waals surface area (Å²) in [4.78, 5) is 24.9. The monoisotopic (exact) mass is 401 g/mol. The summed E-state index contributed by atoms with van der Waals surface area (Å²) in [5, 5.41) is 0. The lowest BCUT2D eigenvalue weighted by atomic mass is 9.82. The third-order valence-corrected chi connectivity index (χ3v) is 7.56. The molecule has 2 aliphatic heterocycles. The number of carbonyl (C=O) groups excluding carboxylic acids is 1. The molecule has 1 saturated carbocycles. The van der Waals surface area contributed by atoms with Gasteiger partial charge >= 0.3 is 0 Å². The quantitative estimate of drug-likeness (QED) is 0.720. The number of benzene rings is 1. The summed E-state index contributed by atoms with van der Waals surface area (Å²) >= 11 is 0. The van der Waals surface area contributed by atoms with Crippen molar-refractivity contribution in [2.45, 2.75) is 37.7 Å². The number of hydrogen-bond donors (Lipinski definition) is 0. The molecular weight excluding hydrogens is 374 g/mol. The summed E-state index contributed by atoms with van der Waals surface area (Å²) < 4.78 is 6.39. The van der Waals surface area contributed by atoms with Crippen molar-refractivity contribution >= 4 is 5.91 Å². The lowest BCUT2D eigenvalue weighted by molar-refractivity contribution is -0.146. The van der Waals surface area contributed by atoms with Gasteiger partial charge in [-0.1, -0.05) is 42.5 Å². The third-order valence-electron chi connectivity index (χ3n) is 7.56. The number of rotatable bonds is 2. The van der Waals surface area contributed by atoms with Crippen LogP contribution in [0.5, 0.6) is 0 Å². The predicted molar refractivity (Wildman–Crippen MR) is 113 cm³/mol. The molecule has 2 fully saturated rings. The zero-order valence-electron chi connectivity index (χ0n) is 17.2. The SMILES string of the molecule is O=C([C@H]1C[C@@H]2C=C[C@H]1C2)N1CCC2(CC1)OCCc1cnc(-c3ccccc3)nc12. The highest BCUT2D eigenvalue weighted by atomic mass is 16.5. The highest BCUT2D eigenvalue weighted by Gasteiger charge is 2.46. The average molecular weight is 402 g/mol. The van der Waals surface area contributed by atoms with Crippen molar-refractivity contribution < 1.29 is 9.53 Å². The van der Waals surface area contributed by atoms with E-state index in [0.717, 1.165) is 55.9 Å². The van der Waals surface area contributed by atoms with Crippen molar-refractivity contribution in [1.29, 1.82) is 0 Å². The summed E-state index contributed by atoms with van der Waals surface area (Å²) in [6.07, 6.45) is 11.2. The van der Waals surface area contributed by atoms with Crippen molar-refractivity contribution in [2.24, 2.45) is 17.8 Å². The van der Waals surface area contributed by atoms with Crippen LogP contribution in [0.25, 0.3) is 11.4 Å². The van der Waals surface area contributed by atoms with E-state index in [-0.39, 0.29) is 11.5 Å². The molecule has 1 saturated heterocycles. The van der Waals surface area contributed by atoms with Gasteiger partial charge in [0.1, 0.15) is 5.60 Å². The van der Waals surface area contributed by atoms with Gasteiger partial charge in [-0.3, -0.25) is 4.79 Å². The van der Waals surface area contributed by atoms with Gasteiger partial charge in [0.05, 0.1) is 12.3 Å². The number of aromatic nitrogens is 2. The molecular formula is C25H27N3O2. The van der Waals surface area contributed by atoms with Gasteiger partial charge in [0.2, 0.25) is 5.91 Å². The van der Waals surface area contributed by atoms with Crippen LogP contribution in [0.1, 0.15) is 36.9 Å². The first-order chi connectivity index (χ1) is 14.7. The van der Waals surface area contributed by atoms with Crippen molar-refractivity contribution in [1.82, 2.24) is 14.9 Å². The molecule has 1 aromatic carbocycles. The molecule has 2 aromatic rings. The molecule has 30 heavy (non-hydrogen) atoms. The number of likely N-dealkylation sites (tertiary alicyclic amines) is 1. The molecule has 3 atom stereocenters. The predicted octanol–water partition coefficient (Wildman–Crippen LogP) is 3.75. The molecule has 2 bridgehead atoms. The number of amides is 1. The Hall–Kier alpha value is -2.53. The van der Waals surface area contributed by atoms with E-state index in [4.69, 9.17) is 9.72 Å². The number of piperidine rings is 1. The van der Waals surface area contributed by atoms with Crippen LogP contribution < -0.4 is 0 Å². The number of allylic oxidation sites excluding steroid dienone is 2. The van der Waals surface area contributed by atoms with Gasteiger partial charge in [-0.05, 0) is 49.5 Å². The molecule has 0 unspecified atom stereocenters. The standard InChI is InChI=1S/C25H27N3O2/c29-24(21-15-17-6-7-19(21)14-17)28-11-9-25(10-12-28)22-20(8-13-30-25)16-26-23(27-22)18-4-2-1-3-5-18/h1-7,16-17,19,21H,8-15H2/t17-,19+,21+/m1/s1. The maximum atomic E-state index is 13.2. The molecule has 3 heterocycles. The Morgan fingerprint density at radius 1 is 1.10 bits per heavy atom. The minimum atomic E-state index is -0.384. The lowest BCUT2D eigenvalue weighted by Crippen LogP contribution is -2.50. The lowest BCUT2D eigenvalue weighted by Gasteiger charge is -2.44. The van der Waals surface area contributed by atoms with Gasteiger partial charge in [0, 0.05) is 30.8 Å². The van der Waals surface area contributed by atoms with E-state index in [1.54, 1.807) is 0 Å². The van der Waals surface area contributed by atoms with Crippen LogP contribution >= 0.6 is 0 Å². The number of hydrogen-bond acceptors (Lipinski definition) is 4. The van der Waals surface area contributed by atoms with Gasteiger partial charge in [-0.25, -0.2) is 9.97 Å². The summed E-state index contributed by atoms with van der Waals surface area (Å²) in [6, 6.07) is 10.1. The number of ether oxygens (including phenoxy) is 1. The zero-order chi connectivity index (χ0) is 20.1. The molecule has 1 aromatic heterocycles. The second-order valence-corrected chi connectivity index (χ2v) is 9.24. The average Bonchev–Trinajstić information content (AvgIpc) is 3.44. The summed E-state index contributed by atoms with van der Waals surface area (Å²) in [6.45, 7) is 2.20. The second kappa shape index (κ2) is 7.02. The third kappa shape index (κ3) is 2.90. The minimum Gasteiger partial charge on any atom is -0.368 e. The Bertz CT molecular complexity index is 995. The highest BCUT2D eigenvalue weighted by Crippen LogP contribution is 2.46. The Balaban J connectivity index is 1.24. The summed E-state index contributed by atoms with van der Waals surface area (Å²) in [7, 11) is 0. The van der Waals surface area contributed by atoms with Crippen molar-refractivity contribution in [2.75, 3.05) is 19.7 Å². The fourth-order valence-electron chi connectivity index (χ4n) is 5.90. The van der Waals surface area contributed by atoms with Crippen LogP contribution in [0, 0.1) is 17.8 Å². The van der Waals surface area contributed by atoms with Crippen molar-refractivity contribution in [3.05, 3.63) is 59.9 Å². The first kappa shape index (κ1) is 18.3. The summed E-state index contributed by atoms with van der Waals surface area (Å²) in [5.74, 6) is 2.39. The van der Waals surface area contributed by atoms with Crippen molar-refractivity contribution in [3.63, 3.8) is 0 Å². The molecule has 154 valence electrons. The normalized spacial score (nSPS) is 28.7. The van der Waals surface area contributed by atoms with Crippen LogP contribution in [-0.4, -0.2) is 40.5 Å². The number of nitrogens with zero attached hydrogens (tertiary/aromatic N) is 3. The van der Waals surface area contributed by atoms with Gasteiger partial charge in [0.15, 0.2) is 5.82 Å². The first-order valence-electron chi connectivity index (χ1n) is 11.2. The van der Waals surface area contributed by atoms with Crippen LogP contribution in [0.3, 0.4) is 0 Å². The fourth-order valence-corrected chi connectivity index (χ4v) is 5.90. The van der Waals surface area contributed by atoms with Crippen LogP contribution in [0.15, 0.2) is 48.7 Å². The van der Waals surface area contributed by atoms with Crippen LogP contribution in [0.4, 0.5) is 0 Å². The maximum absolute atomic E-state index is 13.2. The molecule has 0 N–H and O–H groups in total. The number of carbonyl (C=O) groups is 1. The van der Waals surface area contributed by atoms with E-state index in [9.17, 15) is 4.79 Å². The smallest absolute Gasteiger partial charge is 0.226 e. The minimum absolute atomic E-state index is 0.195. The summed E-state index contributed by atoms with van der Waals surface area (Å²) in [5.41, 5.74) is 2.88. The molecule has 6 rings (SSSR count). The van der Waals surface area contributed by atoms with E-state index >= 15 is 0 Å². The molecule has 0 radical (unpaired) electrons. The number of fused-ring (bicyclic) bond motifs is 4. The molecule has 5 heteroatoms. The maximum Gasteiger partial charge on any atom is 0.226 e. The van der Waals surface area contributed by atoms with E-state index in [2.05, 4.69) is 22.0 Å². The first-order valence-corrected chi connectivity index (χ1v) is 11.2. The van der Waals surface area contributed by atoms with E-state index in [1.807, 2.05) is 36.5 Å². The van der Waals surface area contributed by atoms with Gasteiger partial charge in [-0.2, -0.15) is 0 Å². The van der Waals surface area contributed by atoms with Crippen LogP contribution in [-0.2, 0) is 21.6 Å². The van der Waals surface area contributed by atoms with Crippen LogP contribution in [0.2, 0.25) is 0 Å².